The lowest BCUT2D eigenvalue weighted by Gasteiger charge is -2.06. The van der Waals surface area contributed by atoms with Crippen LogP contribution in [-0.2, 0) is 22.6 Å². The van der Waals surface area contributed by atoms with E-state index in [1.54, 1.807) is 0 Å². The highest BCUT2D eigenvalue weighted by atomic mass is 16.2. The molecule has 98 valence electrons. The van der Waals surface area contributed by atoms with E-state index in [0.717, 1.165) is 12.0 Å². The first-order chi connectivity index (χ1) is 8.61. The number of carbonyl (C=O) groups is 2. The lowest BCUT2D eigenvalue weighted by atomic mass is 10.1. The lowest BCUT2D eigenvalue weighted by Crippen LogP contribution is -2.23. The molecule has 0 aliphatic rings. The number of nitrogens with one attached hydrogen (secondary N) is 1. The van der Waals surface area contributed by atoms with E-state index in [1.807, 2.05) is 12.1 Å². The van der Waals surface area contributed by atoms with Crippen molar-refractivity contribution in [2.75, 3.05) is 0 Å². The summed E-state index contributed by atoms with van der Waals surface area (Å²) in [5.41, 5.74) is 7.36. The van der Waals surface area contributed by atoms with Gasteiger partial charge in [-0.2, -0.15) is 0 Å². The lowest BCUT2D eigenvalue weighted by molar-refractivity contribution is -0.121. The molecule has 0 saturated heterocycles. The maximum absolute atomic E-state index is 11.5. The summed E-state index contributed by atoms with van der Waals surface area (Å²) in [6, 6.07) is 8.14. The second kappa shape index (κ2) is 7.48. The molecule has 0 atom stereocenters. The molecular weight excluding hydrogens is 228 g/mol. The first-order valence-electron chi connectivity index (χ1n) is 6.24. The van der Waals surface area contributed by atoms with E-state index >= 15 is 0 Å². The van der Waals surface area contributed by atoms with Crippen molar-refractivity contribution in [1.29, 1.82) is 0 Å². The summed E-state index contributed by atoms with van der Waals surface area (Å²) in [5, 5.41) is 2.83. The fraction of sp³-hybridized carbons (Fsp3) is 0.429. The van der Waals surface area contributed by atoms with Crippen molar-refractivity contribution >= 4 is 11.8 Å². The Morgan fingerprint density at radius 3 is 2.61 bits per heavy atom. The molecule has 0 heterocycles. The summed E-state index contributed by atoms with van der Waals surface area (Å²) in [6.07, 6.45) is 2.10. The minimum atomic E-state index is -0.363. The standard InChI is InChI=1S/C14H20N2O2/c1-2-11-5-3-6-12(9-11)10-16-14(18)8-4-7-13(15)17/h3,5-6,9H,2,4,7-8,10H2,1H3,(H2,15,17)(H,16,18). The number of hydrogen-bond donors (Lipinski definition) is 2. The van der Waals surface area contributed by atoms with E-state index in [4.69, 9.17) is 5.73 Å². The minimum absolute atomic E-state index is 0.0434. The normalized spacial score (nSPS) is 10.1. The van der Waals surface area contributed by atoms with Crippen LogP contribution in [0.3, 0.4) is 0 Å². The van der Waals surface area contributed by atoms with E-state index in [-0.39, 0.29) is 18.2 Å². The Hall–Kier alpha value is -1.84. The largest absolute Gasteiger partial charge is 0.370 e. The highest BCUT2D eigenvalue weighted by Gasteiger charge is 2.03. The summed E-state index contributed by atoms with van der Waals surface area (Å²) in [7, 11) is 0. The summed E-state index contributed by atoms with van der Waals surface area (Å²) in [5.74, 6) is -0.406. The smallest absolute Gasteiger partial charge is 0.220 e. The van der Waals surface area contributed by atoms with Crippen LogP contribution in [0, 0.1) is 0 Å². The van der Waals surface area contributed by atoms with E-state index < -0.39 is 0 Å². The van der Waals surface area contributed by atoms with Crippen LogP contribution in [0.25, 0.3) is 0 Å². The fourth-order valence-electron chi connectivity index (χ4n) is 1.67. The third kappa shape index (κ3) is 5.48. The van der Waals surface area contributed by atoms with Gasteiger partial charge in [-0.3, -0.25) is 9.59 Å². The molecule has 0 radical (unpaired) electrons. The molecule has 0 fully saturated rings. The van der Waals surface area contributed by atoms with Crippen molar-refractivity contribution in [1.82, 2.24) is 5.32 Å². The third-order valence-corrected chi connectivity index (χ3v) is 2.72. The van der Waals surface area contributed by atoms with E-state index in [9.17, 15) is 9.59 Å². The fourth-order valence-corrected chi connectivity index (χ4v) is 1.67. The highest BCUT2D eigenvalue weighted by Crippen LogP contribution is 2.05. The maximum Gasteiger partial charge on any atom is 0.220 e. The second-order valence-corrected chi connectivity index (χ2v) is 4.27. The van der Waals surface area contributed by atoms with Gasteiger partial charge in [-0.25, -0.2) is 0 Å². The highest BCUT2D eigenvalue weighted by molar-refractivity contribution is 5.77. The number of nitrogens with two attached hydrogens (primary N) is 1. The molecule has 3 N–H and O–H groups in total. The van der Waals surface area contributed by atoms with E-state index in [0.29, 0.717) is 19.4 Å². The van der Waals surface area contributed by atoms with Gasteiger partial charge >= 0.3 is 0 Å². The summed E-state index contributed by atoms with van der Waals surface area (Å²) in [4.78, 5) is 22.0. The molecule has 0 aromatic heterocycles. The van der Waals surface area contributed by atoms with Crippen molar-refractivity contribution in [3.8, 4) is 0 Å². The SMILES string of the molecule is CCc1cccc(CNC(=O)CCCC(N)=O)c1. The van der Waals surface area contributed by atoms with Gasteiger partial charge in [0.2, 0.25) is 11.8 Å². The minimum Gasteiger partial charge on any atom is -0.370 e. The molecule has 0 spiro atoms. The van der Waals surface area contributed by atoms with E-state index in [2.05, 4.69) is 24.4 Å². The Kier molecular flexibility index (Phi) is 5.91. The number of aryl methyl sites for hydroxylation is 1. The van der Waals surface area contributed by atoms with Crippen LogP contribution in [-0.4, -0.2) is 11.8 Å². The number of primary amides is 1. The molecule has 0 aliphatic heterocycles. The molecule has 2 amide bonds. The van der Waals surface area contributed by atoms with Gasteiger partial charge in [0, 0.05) is 19.4 Å². The van der Waals surface area contributed by atoms with Crippen LogP contribution in [0.2, 0.25) is 0 Å². The molecule has 1 aromatic rings. The van der Waals surface area contributed by atoms with Crippen molar-refractivity contribution in [2.45, 2.75) is 39.2 Å². The quantitative estimate of drug-likeness (QED) is 0.768. The maximum atomic E-state index is 11.5. The zero-order chi connectivity index (χ0) is 13.4. The Bertz CT molecular complexity index is 416. The topological polar surface area (TPSA) is 72.2 Å². The summed E-state index contributed by atoms with van der Waals surface area (Å²) < 4.78 is 0. The molecule has 4 heteroatoms. The van der Waals surface area contributed by atoms with Crippen LogP contribution in [0.5, 0.6) is 0 Å². The van der Waals surface area contributed by atoms with Crippen LogP contribution in [0.4, 0.5) is 0 Å². The number of hydrogen-bond acceptors (Lipinski definition) is 2. The van der Waals surface area contributed by atoms with Crippen LogP contribution >= 0.6 is 0 Å². The molecule has 1 aromatic carbocycles. The number of benzene rings is 1. The van der Waals surface area contributed by atoms with Gasteiger partial charge in [-0.1, -0.05) is 31.2 Å². The number of rotatable bonds is 7. The average Bonchev–Trinajstić information content (AvgIpc) is 2.36. The van der Waals surface area contributed by atoms with Crippen molar-refractivity contribution in [2.24, 2.45) is 5.73 Å². The van der Waals surface area contributed by atoms with Crippen molar-refractivity contribution in [3.63, 3.8) is 0 Å². The monoisotopic (exact) mass is 248 g/mol. The third-order valence-electron chi connectivity index (χ3n) is 2.72. The summed E-state index contributed by atoms with van der Waals surface area (Å²) >= 11 is 0. The number of amides is 2. The molecule has 0 aliphatic carbocycles. The molecule has 0 saturated carbocycles. The van der Waals surface area contributed by atoms with Crippen LogP contribution < -0.4 is 11.1 Å². The van der Waals surface area contributed by atoms with Gasteiger partial charge in [-0.05, 0) is 24.0 Å². The number of carbonyl (C=O) groups excluding carboxylic acids is 2. The molecule has 4 nitrogen and oxygen atoms in total. The first-order valence-corrected chi connectivity index (χ1v) is 6.24. The van der Waals surface area contributed by atoms with Gasteiger partial charge < -0.3 is 11.1 Å². The zero-order valence-corrected chi connectivity index (χ0v) is 10.7. The Balaban J connectivity index is 2.31. The zero-order valence-electron chi connectivity index (χ0n) is 10.7. The molecule has 18 heavy (non-hydrogen) atoms. The van der Waals surface area contributed by atoms with Gasteiger partial charge in [0.1, 0.15) is 0 Å². The predicted molar refractivity (Wildman–Crippen MR) is 70.7 cm³/mol. The van der Waals surface area contributed by atoms with E-state index in [1.165, 1.54) is 5.56 Å². The molecule has 0 bridgehead atoms. The van der Waals surface area contributed by atoms with Crippen LogP contribution in [0.1, 0.15) is 37.3 Å². The first kappa shape index (κ1) is 14.2. The van der Waals surface area contributed by atoms with Crippen LogP contribution in [0.15, 0.2) is 24.3 Å². The second-order valence-electron chi connectivity index (χ2n) is 4.27. The predicted octanol–water partition coefficient (Wildman–Crippen LogP) is 1.52. The van der Waals surface area contributed by atoms with Gasteiger partial charge in [0.25, 0.3) is 0 Å². The van der Waals surface area contributed by atoms with Crippen molar-refractivity contribution < 1.29 is 9.59 Å². The van der Waals surface area contributed by atoms with Gasteiger partial charge in [-0.15, -0.1) is 0 Å². The molecular formula is C14H20N2O2. The van der Waals surface area contributed by atoms with Crippen molar-refractivity contribution in [3.05, 3.63) is 35.4 Å². The molecule has 0 unspecified atom stereocenters. The van der Waals surface area contributed by atoms with Gasteiger partial charge in [0.15, 0.2) is 0 Å². The Morgan fingerprint density at radius 1 is 1.22 bits per heavy atom. The Labute approximate surface area is 108 Å². The Morgan fingerprint density at radius 2 is 1.94 bits per heavy atom. The van der Waals surface area contributed by atoms with Gasteiger partial charge in [0.05, 0.1) is 0 Å². The average molecular weight is 248 g/mol. The molecule has 1 rings (SSSR count). The summed E-state index contributed by atoms with van der Waals surface area (Å²) in [6.45, 7) is 2.63.